The first-order valence-corrected chi connectivity index (χ1v) is 7.24. The van der Waals surface area contributed by atoms with Crippen LogP contribution in [0.5, 0.6) is 0 Å². The average Bonchev–Trinajstić information content (AvgIpc) is 2.39. The molecule has 1 saturated heterocycles. The zero-order valence-electron chi connectivity index (χ0n) is 13.0. The summed E-state index contributed by atoms with van der Waals surface area (Å²) in [4.78, 5) is 0. The third-order valence-electron chi connectivity index (χ3n) is 2.87. The van der Waals surface area contributed by atoms with Crippen molar-refractivity contribution in [2.75, 3.05) is 78.5 Å². The van der Waals surface area contributed by atoms with Crippen LogP contribution in [0.15, 0.2) is 0 Å². The molecular weight excluding hydrogens is 393 g/mol. The predicted octanol–water partition coefficient (Wildman–Crippen LogP) is -11.5. The van der Waals surface area contributed by atoms with Crippen LogP contribution in [0, 0.1) is 0 Å². The Morgan fingerprint density at radius 3 is 0.455 bits per heavy atom. The smallest absolute Gasteiger partial charge is 1.00 e. The van der Waals surface area contributed by atoms with Crippen LogP contribution in [0.25, 0.3) is 0 Å². The van der Waals surface area contributed by atoms with Gasteiger partial charge in [-0.2, -0.15) is 0 Å². The molecule has 0 aliphatic carbocycles. The Morgan fingerprint density at radius 1 is 0.273 bits per heavy atom. The topological polar surface area (TPSA) is 72.2 Å². The molecule has 0 saturated carbocycles. The first kappa shape index (κ1) is 31.0. The number of halogens is 3. The zero-order valence-corrected chi connectivity index (χ0v) is 16.3. The summed E-state index contributed by atoms with van der Waals surface area (Å²) < 4.78 is 0. The molecule has 0 aromatic heterocycles. The van der Waals surface area contributed by atoms with E-state index in [-0.39, 0.29) is 54.0 Å². The van der Waals surface area contributed by atoms with Crippen molar-refractivity contribution < 1.29 is 54.0 Å². The SMILES string of the molecule is C1CNCCNCCNCCNCCNCCN1.[Cl-].[Cl-].[Cl-].[Co+3]. The molecule has 1 heterocycles. The third-order valence-corrected chi connectivity index (χ3v) is 2.87. The second-order valence-electron chi connectivity index (χ2n) is 4.50. The molecule has 0 aromatic carbocycles. The number of nitrogens with one attached hydrogen (secondary N) is 6. The zero-order chi connectivity index (χ0) is 12.7. The summed E-state index contributed by atoms with van der Waals surface area (Å²) in [6.45, 7) is 12.5. The summed E-state index contributed by atoms with van der Waals surface area (Å²) in [5.41, 5.74) is 0. The first-order valence-electron chi connectivity index (χ1n) is 7.24. The molecule has 1 fully saturated rings. The van der Waals surface area contributed by atoms with Crippen molar-refractivity contribution in [2.45, 2.75) is 0 Å². The Bertz CT molecular complexity index is 110. The van der Waals surface area contributed by atoms with Gasteiger partial charge in [-0.05, 0) is 0 Å². The van der Waals surface area contributed by atoms with Crippen LogP contribution in [-0.2, 0) is 16.8 Å². The molecule has 0 bridgehead atoms. The molecule has 0 aromatic rings. The fourth-order valence-corrected chi connectivity index (χ4v) is 1.81. The van der Waals surface area contributed by atoms with Gasteiger partial charge in [0.1, 0.15) is 0 Å². The predicted molar refractivity (Wildman–Crippen MR) is 77.2 cm³/mol. The molecule has 0 unspecified atom stereocenters. The molecule has 22 heavy (non-hydrogen) atoms. The maximum absolute atomic E-state index is 3.41. The van der Waals surface area contributed by atoms with Gasteiger partial charge < -0.3 is 69.1 Å². The van der Waals surface area contributed by atoms with Crippen LogP contribution < -0.4 is 69.1 Å². The van der Waals surface area contributed by atoms with Crippen LogP contribution >= 0.6 is 0 Å². The average molecular weight is 424 g/mol. The fraction of sp³-hybridized carbons (Fsp3) is 1.00. The van der Waals surface area contributed by atoms with E-state index >= 15 is 0 Å². The van der Waals surface area contributed by atoms with Crippen molar-refractivity contribution in [2.24, 2.45) is 0 Å². The summed E-state index contributed by atoms with van der Waals surface area (Å²) in [7, 11) is 0. The van der Waals surface area contributed by atoms with Gasteiger partial charge in [0, 0.05) is 78.5 Å². The van der Waals surface area contributed by atoms with E-state index in [0.717, 1.165) is 78.5 Å². The molecule has 1 rings (SSSR count). The number of hydrogen-bond donors (Lipinski definition) is 6. The van der Waals surface area contributed by atoms with Crippen molar-refractivity contribution >= 4 is 0 Å². The molecule has 0 atom stereocenters. The Hall–Kier alpha value is 1.14. The Kier molecular flexibility index (Phi) is 38.0. The van der Waals surface area contributed by atoms with Crippen LogP contribution in [0.3, 0.4) is 0 Å². The van der Waals surface area contributed by atoms with Crippen molar-refractivity contribution in [1.82, 2.24) is 31.9 Å². The van der Waals surface area contributed by atoms with Gasteiger partial charge in [0.25, 0.3) is 0 Å². The van der Waals surface area contributed by atoms with Gasteiger partial charge in [0.05, 0.1) is 0 Å². The number of rotatable bonds is 0. The van der Waals surface area contributed by atoms with Gasteiger partial charge in [-0.25, -0.2) is 0 Å². The van der Waals surface area contributed by atoms with E-state index < -0.39 is 0 Å². The Morgan fingerprint density at radius 2 is 0.364 bits per heavy atom. The molecule has 0 radical (unpaired) electrons. The second kappa shape index (κ2) is 27.0. The van der Waals surface area contributed by atoms with E-state index in [4.69, 9.17) is 0 Å². The largest absolute Gasteiger partial charge is 3.00 e. The summed E-state index contributed by atoms with van der Waals surface area (Å²) in [5.74, 6) is 0. The molecule has 0 amide bonds. The normalized spacial score (nSPS) is 19.6. The molecule has 1 aliphatic heterocycles. The summed E-state index contributed by atoms with van der Waals surface area (Å²) in [5, 5.41) is 20.5. The van der Waals surface area contributed by atoms with Crippen LogP contribution in [0.4, 0.5) is 0 Å². The fourth-order valence-electron chi connectivity index (χ4n) is 1.81. The Labute approximate surface area is 164 Å². The molecule has 10 heteroatoms. The molecule has 6 nitrogen and oxygen atoms in total. The standard InChI is InChI=1S/C12H30N6.3ClH.Co/c1-2-14-5-6-16-9-10-18-12-11-17-8-7-15-4-3-13-1;;;;/h13-18H,1-12H2;3*1H;/q;;;;+3/p-3. The number of hydrogen-bond acceptors (Lipinski definition) is 6. The maximum Gasteiger partial charge on any atom is 3.00 e. The van der Waals surface area contributed by atoms with E-state index in [1.165, 1.54) is 0 Å². The van der Waals surface area contributed by atoms with Gasteiger partial charge in [0.15, 0.2) is 0 Å². The van der Waals surface area contributed by atoms with Crippen molar-refractivity contribution in [1.29, 1.82) is 0 Å². The molecule has 6 N–H and O–H groups in total. The Balaban J connectivity index is -0.000000405. The van der Waals surface area contributed by atoms with E-state index in [0.29, 0.717) is 0 Å². The molecular formula is C12H30Cl3CoN6. The quantitative estimate of drug-likeness (QED) is 0.233. The maximum atomic E-state index is 3.41. The summed E-state index contributed by atoms with van der Waals surface area (Å²) >= 11 is 0. The second-order valence-corrected chi connectivity index (χ2v) is 4.50. The summed E-state index contributed by atoms with van der Waals surface area (Å²) in [6.07, 6.45) is 0. The van der Waals surface area contributed by atoms with Crippen LogP contribution in [0.2, 0.25) is 0 Å². The van der Waals surface area contributed by atoms with Gasteiger partial charge in [-0.15, -0.1) is 0 Å². The minimum atomic E-state index is 0. The van der Waals surface area contributed by atoms with Crippen LogP contribution in [0.1, 0.15) is 0 Å². The van der Waals surface area contributed by atoms with E-state index in [1.807, 2.05) is 0 Å². The van der Waals surface area contributed by atoms with Gasteiger partial charge >= 0.3 is 16.8 Å². The van der Waals surface area contributed by atoms with Crippen molar-refractivity contribution in [3.05, 3.63) is 0 Å². The van der Waals surface area contributed by atoms with Crippen molar-refractivity contribution in [3.8, 4) is 0 Å². The summed E-state index contributed by atoms with van der Waals surface area (Å²) in [6, 6.07) is 0. The third kappa shape index (κ3) is 23.4. The van der Waals surface area contributed by atoms with E-state index in [2.05, 4.69) is 31.9 Å². The van der Waals surface area contributed by atoms with Gasteiger partial charge in [-0.1, -0.05) is 0 Å². The van der Waals surface area contributed by atoms with E-state index in [1.54, 1.807) is 0 Å². The molecule has 138 valence electrons. The van der Waals surface area contributed by atoms with Crippen LogP contribution in [-0.4, -0.2) is 78.5 Å². The van der Waals surface area contributed by atoms with Crippen molar-refractivity contribution in [3.63, 3.8) is 0 Å². The van der Waals surface area contributed by atoms with Gasteiger partial charge in [0.2, 0.25) is 0 Å². The minimum Gasteiger partial charge on any atom is -1.00 e. The molecule has 1 aliphatic rings. The molecule has 0 spiro atoms. The minimum absolute atomic E-state index is 0. The van der Waals surface area contributed by atoms with E-state index in [9.17, 15) is 0 Å². The first-order chi connectivity index (χ1) is 9.00. The monoisotopic (exact) mass is 422 g/mol. The van der Waals surface area contributed by atoms with Gasteiger partial charge in [-0.3, -0.25) is 0 Å².